The molecule has 448 valence electrons. The van der Waals surface area contributed by atoms with Gasteiger partial charge in [0, 0.05) is 111 Å². The van der Waals surface area contributed by atoms with Crippen LogP contribution in [0.15, 0.2) is 90.0 Å². The molecule has 1 aliphatic carbocycles. The van der Waals surface area contributed by atoms with Gasteiger partial charge in [-0.3, -0.25) is 24.7 Å². The van der Waals surface area contributed by atoms with Gasteiger partial charge in [0.15, 0.2) is 23.0 Å². The Hall–Kier alpha value is -7.31. The van der Waals surface area contributed by atoms with E-state index in [1.54, 1.807) is 12.3 Å². The third kappa shape index (κ3) is 10.5. The normalized spacial score (nSPS) is 24.4. The van der Waals surface area contributed by atoms with E-state index in [1.807, 2.05) is 50.2 Å². The molecule has 5 fully saturated rings. The molecule has 85 heavy (non-hydrogen) atoms. The van der Waals surface area contributed by atoms with Crippen LogP contribution >= 0.6 is 0 Å². The lowest BCUT2D eigenvalue weighted by atomic mass is 9.59. The Balaban J connectivity index is 0.732. The van der Waals surface area contributed by atoms with E-state index in [0.29, 0.717) is 80.3 Å². The zero-order chi connectivity index (χ0) is 58.3. The summed E-state index contributed by atoms with van der Waals surface area (Å²) in [6, 6.07) is 21.8. The minimum Gasteiger partial charge on any atom is -0.491 e. The van der Waals surface area contributed by atoms with Crippen molar-refractivity contribution >= 4 is 55.4 Å². The number of nitrogens with one attached hydrogen (secondary N) is 3. The van der Waals surface area contributed by atoms with Crippen LogP contribution in [0.3, 0.4) is 0 Å². The molecule has 7 aliphatic heterocycles. The van der Waals surface area contributed by atoms with Gasteiger partial charge >= 0.3 is 0 Å². The number of para-hydroxylation sites is 1. The number of carbonyl (C=O) groups excluding carboxylic acids is 1. The SMILES string of the molecule is CC(C)Oc1ccccc1[C@@H]1CN([C@@H]2COc3c(F)cc(F)cc3C2)CCN1C1CC2(CCN(c3ccc(C(=O)NS(=O)(=O)c4cc5c(c([N+](=O)[O-])c4)N[C@H](C4CCOCC4)CO5)c(N4c5cc6cc[nH]c6nc5O[C@H]5COCC[C@@H]54)c3)CC2)C1. The first-order chi connectivity index (χ1) is 41.1. The molecule has 5 atom stereocenters. The first kappa shape index (κ1) is 55.6. The van der Waals surface area contributed by atoms with Gasteiger partial charge in [0.25, 0.3) is 21.6 Å². The van der Waals surface area contributed by atoms with E-state index in [1.165, 1.54) is 12.1 Å². The number of H-pyrrole nitrogens is 1. The number of rotatable bonds is 12. The molecule has 1 amide bonds. The second-order valence-electron chi connectivity index (χ2n) is 24.5. The van der Waals surface area contributed by atoms with Gasteiger partial charge in [0.05, 0.1) is 51.9 Å². The average molecular weight is 1190 g/mol. The number of benzene rings is 4. The third-order valence-corrected chi connectivity index (χ3v) is 20.3. The Labute approximate surface area is 491 Å². The van der Waals surface area contributed by atoms with Gasteiger partial charge in [-0.05, 0) is 119 Å². The van der Waals surface area contributed by atoms with E-state index < -0.39 is 49.2 Å². The molecular weight excluding hydrogens is 1120 g/mol. The van der Waals surface area contributed by atoms with Crippen LogP contribution in [0.25, 0.3) is 11.0 Å². The number of aromatic nitrogens is 2. The molecule has 0 radical (unpaired) electrons. The molecule has 2 aromatic heterocycles. The maximum absolute atomic E-state index is 15.0. The minimum absolute atomic E-state index is 0.00303. The summed E-state index contributed by atoms with van der Waals surface area (Å²) in [5.41, 5.74) is 3.99. The lowest BCUT2D eigenvalue weighted by Gasteiger charge is -2.58. The van der Waals surface area contributed by atoms with Crippen LogP contribution in [0.4, 0.5) is 37.2 Å². The number of pyridine rings is 1. The number of aromatic amines is 1. The largest absolute Gasteiger partial charge is 0.491 e. The molecule has 3 N–H and O–H groups in total. The summed E-state index contributed by atoms with van der Waals surface area (Å²) in [5.74, 6) is -0.716. The van der Waals surface area contributed by atoms with Crippen LogP contribution in [0.2, 0.25) is 0 Å². The smallest absolute Gasteiger partial charge is 0.297 e. The number of halogens is 2. The topological polar surface area (TPSA) is 215 Å². The molecule has 4 aromatic carbocycles. The van der Waals surface area contributed by atoms with Crippen molar-refractivity contribution in [3.63, 3.8) is 0 Å². The Morgan fingerprint density at radius 3 is 2.52 bits per heavy atom. The summed E-state index contributed by atoms with van der Waals surface area (Å²) in [6.45, 7) is 10.2. The standard InChI is InChI=1S/C62H69F2N9O11S/c1-36(2)83-54-6-4-3-5-45(54)53-32-70(42-24-39-23-40(63)26-47(64)58(39)82-33-42)18-19-71(53)43-30-62(31-43)13-16-69(17-14-62)41-7-8-46(50(27-41)72-49-12-22-80-35-56(49)84-61-52(72)25-38-9-15-65-59(38)67-61)60(74)68-85(77,78)44-28-51(73(75)76)57-55(29-44)81-34-48(66-57)37-10-20-79-21-11-37/h3-9,15,23,25-29,36-37,42-43,48-49,53,56,66H,10-14,16-22,24,30-35H2,1-2H3,(H,65,67)(H,68,74)/t42-,48-,49-,53-,56-/m0/s1. The van der Waals surface area contributed by atoms with Gasteiger partial charge in [0.1, 0.15) is 42.2 Å². The molecule has 8 aliphatic rings. The van der Waals surface area contributed by atoms with Crippen molar-refractivity contribution in [3.05, 3.63) is 123 Å². The highest BCUT2D eigenvalue weighted by Crippen LogP contribution is 2.54. The van der Waals surface area contributed by atoms with E-state index in [9.17, 15) is 32.1 Å². The Morgan fingerprint density at radius 2 is 1.71 bits per heavy atom. The number of hydrogen-bond acceptors (Lipinski definition) is 17. The maximum Gasteiger partial charge on any atom is 0.297 e. The van der Waals surface area contributed by atoms with Crippen molar-refractivity contribution in [2.75, 3.05) is 87.5 Å². The lowest BCUT2D eigenvalue weighted by molar-refractivity contribution is -0.384. The number of piperazine rings is 1. The summed E-state index contributed by atoms with van der Waals surface area (Å²) < 4.78 is 97.0. The maximum atomic E-state index is 15.0. The highest BCUT2D eigenvalue weighted by atomic mass is 32.2. The highest BCUT2D eigenvalue weighted by molar-refractivity contribution is 7.90. The fourth-order valence-corrected chi connectivity index (χ4v) is 15.7. The molecule has 1 saturated carbocycles. The Morgan fingerprint density at radius 1 is 0.894 bits per heavy atom. The molecule has 0 bridgehead atoms. The van der Waals surface area contributed by atoms with Crippen LogP contribution in [-0.4, -0.2) is 148 Å². The summed E-state index contributed by atoms with van der Waals surface area (Å²) >= 11 is 0. The predicted molar refractivity (Wildman–Crippen MR) is 312 cm³/mol. The molecule has 0 unspecified atom stereocenters. The van der Waals surface area contributed by atoms with E-state index in [-0.39, 0.29) is 77.6 Å². The van der Waals surface area contributed by atoms with Crippen molar-refractivity contribution in [1.82, 2.24) is 24.5 Å². The summed E-state index contributed by atoms with van der Waals surface area (Å²) in [7, 11) is -4.74. The molecule has 20 nitrogen and oxygen atoms in total. The number of nitro benzene ring substituents is 1. The van der Waals surface area contributed by atoms with E-state index in [2.05, 4.69) is 46.8 Å². The van der Waals surface area contributed by atoms with E-state index in [4.69, 9.17) is 33.4 Å². The van der Waals surface area contributed by atoms with Crippen LogP contribution in [0, 0.1) is 33.1 Å². The van der Waals surface area contributed by atoms with Crippen molar-refractivity contribution < 1.29 is 55.3 Å². The molecule has 9 heterocycles. The second-order valence-corrected chi connectivity index (χ2v) is 26.1. The molecule has 4 saturated heterocycles. The molecule has 23 heteroatoms. The van der Waals surface area contributed by atoms with Gasteiger partial charge in [-0.25, -0.2) is 21.9 Å². The highest BCUT2D eigenvalue weighted by Gasteiger charge is 2.51. The van der Waals surface area contributed by atoms with Crippen LogP contribution in [0.1, 0.15) is 86.3 Å². The van der Waals surface area contributed by atoms with E-state index in [0.717, 1.165) is 99.2 Å². The first-order valence-electron chi connectivity index (χ1n) is 29.8. The number of hydrogen-bond donors (Lipinski definition) is 3. The quantitative estimate of drug-likeness (QED) is 0.0769. The second kappa shape index (κ2) is 22.2. The summed E-state index contributed by atoms with van der Waals surface area (Å²) in [4.78, 5) is 43.9. The molecular formula is C62H69F2N9O11S. The first-order valence-corrected chi connectivity index (χ1v) is 31.3. The lowest BCUT2D eigenvalue weighted by Crippen LogP contribution is -2.61. The van der Waals surface area contributed by atoms with Crippen molar-refractivity contribution in [1.29, 1.82) is 0 Å². The molecule has 14 rings (SSSR count). The molecule has 6 aromatic rings. The van der Waals surface area contributed by atoms with Gasteiger partial charge in [-0.2, -0.15) is 4.98 Å². The van der Waals surface area contributed by atoms with Gasteiger partial charge in [-0.15, -0.1) is 0 Å². The number of fused-ring (bicyclic) bond motifs is 5. The van der Waals surface area contributed by atoms with Crippen molar-refractivity contribution in [3.8, 4) is 23.1 Å². The van der Waals surface area contributed by atoms with Gasteiger partial charge in [0.2, 0.25) is 5.88 Å². The Kier molecular flexibility index (Phi) is 14.5. The fraction of sp³-hybridized carbons (Fsp3) is 0.484. The van der Waals surface area contributed by atoms with Crippen LogP contribution in [-0.2, 0) is 25.9 Å². The number of piperidine rings is 1. The van der Waals surface area contributed by atoms with E-state index >= 15 is 0 Å². The summed E-state index contributed by atoms with van der Waals surface area (Å²) in [5, 5.41) is 16.7. The van der Waals surface area contributed by atoms with Crippen molar-refractivity contribution in [2.24, 2.45) is 11.3 Å². The predicted octanol–water partition coefficient (Wildman–Crippen LogP) is 9.05. The monoisotopic (exact) mass is 1190 g/mol. The minimum atomic E-state index is -4.74. The van der Waals surface area contributed by atoms with Crippen LogP contribution in [0.5, 0.6) is 23.1 Å². The van der Waals surface area contributed by atoms with Gasteiger partial charge < -0.3 is 48.5 Å². The van der Waals surface area contributed by atoms with Gasteiger partial charge in [-0.1, -0.05) is 18.2 Å². The zero-order valence-electron chi connectivity index (χ0n) is 47.5. The average Bonchev–Trinajstić information content (AvgIpc) is 3.26. The zero-order valence-corrected chi connectivity index (χ0v) is 48.3. The third-order valence-electron chi connectivity index (χ3n) is 19.0. The number of sulfonamides is 1. The molecule has 1 spiro atoms. The number of carbonyl (C=O) groups is 1. The summed E-state index contributed by atoms with van der Waals surface area (Å²) in [6.07, 6.45) is 7.73. The number of anilines is 4. The number of amides is 1. The van der Waals surface area contributed by atoms with Crippen molar-refractivity contribution in [2.45, 2.75) is 113 Å². The number of nitrogens with zero attached hydrogens (tertiary/aromatic N) is 6. The Bertz CT molecular complexity index is 3680. The fourth-order valence-electron chi connectivity index (χ4n) is 14.7. The number of ether oxygens (including phenoxy) is 6. The number of nitro groups is 1. The van der Waals surface area contributed by atoms with Crippen LogP contribution < -0.4 is 38.8 Å².